The summed E-state index contributed by atoms with van der Waals surface area (Å²) in [6.07, 6.45) is 8.54. The van der Waals surface area contributed by atoms with E-state index in [2.05, 4.69) is 34.5 Å². The van der Waals surface area contributed by atoms with Crippen molar-refractivity contribution in [3.05, 3.63) is 29.8 Å². The van der Waals surface area contributed by atoms with Gasteiger partial charge in [-0.2, -0.15) is 0 Å². The highest BCUT2D eigenvalue weighted by molar-refractivity contribution is 5.46. The highest BCUT2D eigenvalue weighted by Crippen LogP contribution is 2.45. The minimum Gasteiger partial charge on any atom is -0.382 e. The van der Waals surface area contributed by atoms with Gasteiger partial charge in [-0.05, 0) is 81.1 Å². The molecule has 108 valence electrons. The molecule has 0 bridgehead atoms. The Bertz CT molecular complexity index is 427. The first-order valence-electron chi connectivity index (χ1n) is 8.46. The van der Waals surface area contributed by atoms with Gasteiger partial charge >= 0.3 is 0 Å². The molecule has 1 aliphatic heterocycles. The molecule has 3 aliphatic rings. The van der Waals surface area contributed by atoms with Crippen LogP contribution >= 0.6 is 0 Å². The normalized spacial score (nSPS) is 23.4. The molecule has 2 saturated carbocycles. The summed E-state index contributed by atoms with van der Waals surface area (Å²) >= 11 is 0. The first kappa shape index (κ1) is 12.7. The maximum absolute atomic E-state index is 3.81. The molecule has 0 unspecified atom stereocenters. The fourth-order valence-corrected chi connectivity index (χ4v) is 3.63. The lowest BCUT2D eigenvalue weighted by Gasteiger charge is -2.20. The van der Waals surface area contributed by atoms with Gasteiger partial charge in [0.1, 0.15) is 0 Å². The van der Waals surface area contributed by atoms with Crippen molar-refractivity contribution < 1.29 is 0 Å². The Morgan fingerprint density at radius 3 is 2.10 bits per heavy atom. The van der Waals surface area contributed by atoms with Gasteiger partial charge in [-0.3, -0.25) is 4.90 Å². The molecule has 1 N–H and O–H groups in total. The Balaban J connectivity index is 1.36. The number of likely N-dealkylation sites (tertiary alicyclic amines) is 1. The molecular weight excluding hydrogens is 244 g/mol. The van der Waals surface area contributed by atoms with Crippen LogP contribution in [0.1, 0.15) is 44.1 Å². The molecule has 20 heavy (non-hydrogen) atoms. The predicted octanol–water partition coefficient (Wildman–Crippen LogP) is 3.88. The van der Waals surface area contributed by atoms with Crippen LogP contribution in [0.15, 0.2) is 24.3 Å². The molecular formula is C18H26N2. The van der Waals surface area contributed by atoms with Crippen LogP contribution in [-0.4, -0.2) is 24.0 Å². The third kappa shape index (κ3) is 3.01. The zero-order valence-electron chi connectivity index (χ0n) is 12.4. The minimum atomic E-state index is 0.763. The first-order valence-corrected chi connectivity index (χ1v) is 8.46. The van der Waals surface area contributed by atoms with Gasteiger partial charge in [0.05, 0.1) is 0 Å². The predicted molar refractivity (Wildman–Crippen MR) is 83.8 cm³/mol. The number of anilines is 1. The second kappa shape index (κ2) is 5.40. The van der Waals surface area contributed by atoms with Gasteiger partial charge in [-0.1, -0.05) is 12.1 Å². The van der Waals surface area contributed by atoms with Crippen molar-refractivity contribution in [3.8, 4) is 0 Å². The molecule has 2 aliphatic carbocycles. The van der Waals surface area contributed by atoms with Gasteiger partial charge in [-0.15, -0.1) is 0 Å². The quantitative estimate of drug-likeness (QED) is 0.844. The zero-order chi connectivity index (χ0) is 13.4. The van der Waals surface area contributed by atoms with Crippen LogP contribution in [0.2, 0.25) is 0 Å². The second-order valence-electron chi connectivity index (χ2n) is 7.03. The molecule has 2 nitrogen and oxygen atoms in total. The summed E-state index contributed by atoms with van der Waals surface area (Å²) in [7, 11) is 0. The van der Waals surface area contributed by atoms with Crippen molar-refractivity contribution in [2.24, 2.45) is 11.8 Å². The van der Waals surface area contributed by atoms with Gasteiger partial charge < -0.3 is 5.32 Å². The number of benzene rings is 1. The van der Waals surface area contributed by atoms with E-state index < -0.39 is 0 Å². The van der Waals surface area contributed by atoms with E-state index in [0.717, 1.165) is 24.4 Å². The van der Waals surface area contributed by atoms with Crippen molar-refractivity contribution in [1.82, 2.24) is 4.90 Å². The molecule has 0 atom stereocenters. The molecule has 0 amide bonds. The highest BCUT2D eigenvalue weighted by atomic mass is 15.1. The number of hydrogen-bond acceptors (Lipinski definition) is 2. The zero-order valence-corrected chi connectivity index (χ0v) is 12.4. The lowest BCUT2D eigenvalue weighted by Crippen LogP contribution is -2.24. The van der Waals surface area contributed by atoms with Crippen molar-refractivity contribution in [1.29, 1.82) is 0 Å². The van der Waals surface area contributed by atoms with Crippen molar-refractivity contribution in [3.63, 3.8) is 0 Å². The van der Waals surface area contributed by atoms with E-state index in [1.54, 1.807) is 0 Å². The summed E-state index contributed by atoms with van der Waals surface area (Å²) in [4.78, 5) is 2.57. The van der Waals surface area contributed by atoms with Crippen LogP contribution in [0.5, 0.6) is 0 Å². The average molecular weight is 270 g/mol. The SMILES string of the molecule is c1cc(NC(C2CC2)C2CC2)ccc1CN1CCCC1. The number of hydrogen-bond donors (Lipinski definition) is 1. The van der Waals surface area contributed by atoms with Crippen molar-refractivity contribution in [2.45, 2.75) is 51.1 Å². The smallest absolute Gasteiger partial charge is 0.0342 e. The summed E-state index contributed by atoms with van der Waals surface area (Å²) in [6.45, 7) is 3.70. The molecule has 1 aromatic rings. The molecule has 1 saturated heterocycles. The fraction of sp³-hybridized carbons (Fsp3) is 0.667. The van der Waals surface area contributed by atoms with Gasteiger partial charge in [0.25, 0.3) is 0 Å². The van der Waals surface area contributed by atoms with E-state index in [0.29, 0.717) is 0 Å². The van der Waals surface area contributed by atoms with Gasteiger partial charge in [-0.25, -0.2) is 0 Å². The molecule has 1 heterocycles. The summed E-state index contributed by atoms with van der Waals surface area (Å²) in [5, 5.41) is 3.81. The largest absolute Gasteiger partial charge is 0.382 e. The molecule has 1 aromatic carbocycles. The highest BCUT2D eigenvalue weighted by Gasteiger charge is 2.41. The Labute approximate surface area is 122 Å². The third-order valence-corrected chi connectivity index (χ3v) is 5.15. The molecule has 0 radical (unpaired) electrons. The topological polar surface area (TPSA) is 15.3 Å². The molecule has 4 rings (SSSR count). The van der Waals surface area contributed by atoms with E-state index >= 15 is 0 Å². The Morgan fingerprint density at radius 1 is 0.950 bits per heavy atom. The lowest BCUT2D eigenvalue weighted by atomic mass is 10.1. The van der Waals surface area contributed by atoms with Crippen LogP contribution in [-0.2, 0) is 6.54 Å². The molecule has 0 spiro atoms. The molecule has 2 heteroatoms. The van der Waals surface area contributed by atoms with Crippen LogP contribution in [0.3, 0.4) is 0 Å². The summed E-state index contributed by atoms with van der Waals surface area (Å²) in [5.41, 5.74) is 2.80. The van der Waals surface area contributed by atoms with Crippen molar-refractivity contribution in [2.75, 3.05) is 18.4 Å². The molecule has 3 fully saturated rings. The van der Waals surface area contributed by atoms with E-state index in [1.807, 2.05) is 0 Å². The monoisotopic (exact) mass is 270 g/mol. The first-order chi connectivity index (χ1) is 9.88. The van der Waals surface area contributed by atoms with Crippen LogP contribution < -0.4 is 5.32 Å². The fourth-order valence-electron chi connectivity index (χ4n) is 3.63. The third-order valence-electron chi connectivity index (χ3n) is 5.15. The molecule has 0 aromatic heterocycles. The second-order valence-corrected chi connectivity index (χ2v) is 7.03. The van der Waals surface area contributed by atoms with Gasteiger partial charge in [0.2, 0.25) is 0 Å². The van der Waals surface area contributed by atoms with Gasteiger partial charge in [0, 0.05) is 18.3 Å². The van der Waals surface area contributed by atoms with Crippen LogP contribution in [0.25, 0.3) is 0 Å². The van der Waals surface area contributed by atoms with Crippen LogP contribution in [0.4, 0.5) is 5.69 Å². The summed E-state index contributed by atoms with van der Waals surface area (Å²) in [6, 6.07) is 9.99. The van der Waals surface area contributed by atoms with Gasteiger partial charge in [0.15, 0.2) is 0 Å². The Hall–Kier alpha value is -1.02. The maximum Gasteiger partial charge on any atom is 0.0342 e. The maximum atomic E-state index is 3.81. The Morgan fingerprint density at radius 2 is 1.55 bits per heavy atom. The van der Waals surface area contributed by atoms with Crippen LogP contribution in [0, 0.1) is 11.8 Å². The number of rotatable bonds is 6. The number of nitrogens with one attached hydrogen (secondary N) is 1. The van der Waals surface area contributed by atoms with E-state index in [4.69, 9.17) is 0 Å². The van der Waals surface area contributed by atoms with Crippen molar-refractivity contribution >= 4 is 5.69 Å². The standard InChI is InChI=1S/C18H26N2/c1-2-12-20(11-1)13-14-3-9-17(10-4-14)19-18(15-5-6-15)16-7-8-16/h3-4,9-10,15-16,18-19H,1-2,5-8,11-13H2. The van der Waals surface area contributed by atoms with E-state index in [1.165, 1.54) is 62.9 Å². The number of nitrogens with zero attached hydrogens (tertiary/aromatic N) is 1. The minimum absolute atomic E-state index is 0.763. The summed E-state index contributed by atoms with van der Waals surface area (Å²) < 4.78 is 0. The summed E-state index contributed by atoms with van der Waals surface area (Å²) in [5.74, 6) is 1.93. The average Bonchev–Trinajstić information content (AvgIpc) is 3.39. The lowest BCUT2D eigenvalue weighted by molar-refractivity contribution is 0.331. The van der Waals surface area contributed by atoms with E-state index in [-0.39, 0.29) is 0 Å². The Kier molecular flexibility index (Phi) is 3.43. The van der Waals surface area contributed by atoms with E-state index in [9.17, 15) is 0 Å².